The summed E-state index contributed by atoms with van der Waals surface area (Å²) in [5.74, 6) is 0.331. The molecule has 1 saturated carbocycles. The van der Waals surface area contributed by atoms with Crippen LogP contribution in [-0.4, -0.2) is 41.0 Å². The van der Waals surface area contributed by atoms with E-state index in [-0.39, 0.29) is 5.25 Å². The zero-order valence-corrected chi connectivity index (χ0v) is 13.2. The van der Waals surface area contributed by atoms with Crippen LogP contribution in [0.5, 0.6) is 0 Å². The minimum absolute atomic E-state index is 0.105. The second-order valence-electron chi connectivity index (χ2n) is 6.20. The van der Waals surface area contributed by atoms with Crippen molar-refractivity contribution in [3.05, 3.63) is 36.2 Å². The first kappa shape index (κ1) is 14.1. The lowest BCUT2D eigenvalue weighted by atomic mass is 9.94. The molecule has 4 rings (SSSR count). The van der Waals surface area contributed by atoms with Gasteiger partial charge in [-0.3, -0.25) is 0 Å². The lowest BCUT2D eigenvalue weighted by Gasteiger charge is -2.31. The van der Waals surface area contributed by atoms with E-state index in [1.807, 2.05) is 12.1 Å². The smallest absolute Gasteiger partial charge is 0.216 e. The summed E-state index contributed by atoms with van der Waals surface area (Å²) < 4.78 is 26.2. The number of nitrogens with zero attached hydrogens (tertiary/aromatic N) is 3. The van der Waals surface area contributed by atoms with E-state index in [1.54, 1.807) is 10.5 Å². The lowest BCUT2D eigenvalue weighted by molar-refractivity contribution is 0.316. The van der Waals surface area contributed by atoms with Gasteiger partial charge in [0.25, 0.3) is 0 Å². The van der Waals surface area contributed by atoms with Gasteiger partial charge in [0.1, 0.15) is 0 Å². The van der Waals surface area contributed by atoms with Gasteiger partial charge in [0.2, 0.25) is 10.0 Å². The summed E-state index contributed by atoms with van der Waals surface area (Å²) in [6.45, 7) is 1.23. The van der Waals surface area contributed by atoms with Crippen molar-refractivity contribution in [3.8, 4) is 0 Å². The maximum atomic E-state index is 12.3. The number of aromatic nitrogens is 2. The molecule has 3 heterocycles. The maximum absolute atomic E-state index is 12.3. The van der Waals surface area contributed by atoms with Crippen LogP contribution in [0.3, 0.4) is 0 Å². The van der Waals surface area contributed by atoms with Gasteiger partial charge in [-0.05, 0) is 49.9 Å². The summed E-state index contributed by atoms with van der Waals surface area (Å²) in [5, 5.41) is 0.937. The Morgan fingerprint density at radius 1 is 1.05 bits per heavy atom. The molecule has 2 aliphatic rings. The molecule has 1 aliphatic heterocycles. The number of pyridine rings is 2. The van der Waals surface area contributed by atoms with E-state index in [0.717, 1.165) is 42.4 Å². The van der Waals surface area contributed by atoms with Gasteiger partial charge >= 0.3 is 0 Å². The van der Waals surface area contributed by atoms with Gasteiger partial charge in [-0.25, -0.2) is 22.7 Å². The van der Waals surface area contributed by atoms with Crippen LogP contribution in [0.2, 0.25) is 0 Å². The summed E-state index contributed by atoms with van der Waals surface area (Å²) in [5.41, 5.74) is 1.81. The van der Waals surface area contributed by atoms with Crippen molar-refractivity contribution in [1.29, 1.82) is 0 Å². The van der Waals surface area contributed by atoms with Crippen LogP contribution in [0, 0.1) is 0 Å². The zero-order chi connectivity index (χ0) is 15.2. The van der Waals surface area contributed by atoms with Crippen LogP contribution in [0.15, 0.2) is 30.5 Å². The average Bonchev–Trinajstić information content (AvgIpc) is 3.40. The van der Waals surface area contributed by atoms with Crippen LogP contribution >= 0.6 is 0 Å². The van der Waals surface area contributed by atoms with Crippen LogP contribution < -0.4 is 0 Å². The third-order valence-corrected chi connectivity index (χ3v) is 7.06. The molecule has 2 aromatic rings. The van der Waals surface area contributed by atoms with E-state index >= 15 is 0 Å². The normalized spacial score (nSPS) is 21.3. The average molecular weight is 317 g/mol. The monoisotopic (exact) mass is 317 g/mol. The number of fused-ring (bicyclic) bond motifs is 1. The Hall–Kier alpha value is -1.53. The molecule has 22 heavy (non-hydrogen) atoms. The van der Waals surface area contributed by atoms with E-state index in [9.17, 15) is 8.42 Å². The molecule has 0 N–H and O–H groups in total. The van der Waals surface area contributed by atoms with E-state index in [4.69, 9.17) is 0 Å². The van der Waals surface area contributed by atoms with Crippen molar-refractivity contribution in [1.82, 2.24) is 14.3 Å². The van der Waals surface area contributed by atoms with Gasteiger partial charge in [-0.1, -0.05) is 0 Å². The SMILES string of the molecule is O=S(=O)(C1CC1)N1CCC(c2ccc3cccnc3n2)CC1. The summed E-state index contributed by atoms with van der Waals surface area (Å²) in [7, 11) is -3.03. The topological polar surface area (TPSA) is 63.2 Å². The first-order valence-electron chi connectivity index (χ1n) is 7.85. The summed E-state index contributed by atoms with van der Waals surface area (Å²) in [6.07, 6.45) is 5.11. The third kappa shape index (κ3) is 2.50. The first-order chi connectivity index (χ1) is 10.6. The zero-order valence-electron chi connectivity index (χ0n) is 12.4. The molecule has 2 aromatic heterocycles. The van der Waals surface area contributed by atoms with E-state index in [1.165, 1.54) is 0 Å². The molecule has 0 radical (unpaired) electrons. The van der Waals surface area contributed by atoms with Crippen LogP contribution in [-0.2, 0) is 10.0 Å². The molecule has 0 spiro atoms. The molecule has 1 aliphatic carbocycles. The van der Waals surface area contributed by atoms with Gasteiger partial charge in [-0.15, -0.1) is 0 Å². The standard InChI is InChI=1S/C16H19N3O2S/c20-22(21,14-4-5-14)19-10-7-12(8-11-19)15-6-3-13-2-1-9-17-16(13)18-15/h1-3,6,9,12,14H,4-5,7-8,10-11H2. The Morgan fingerprint density at radius 2 is 1.82 bits per heavy atom. The number of hydrogen-bond donors (Lipinski definition) is 0. The maximum Gasteiger partial charge on any atom is 0.216 e. The van der Waals surface area contributed by atoms with Gasteiger partial charge in [0, 0.05) is 36.3 Å². The van der Waals surface area contributed by atoms with Crippen molar-refractivity contribution in [3.63, 3.8) is 0 Å². The molecule has 5 nitrogen and oxygen atoms in total. The summed E-state index contributed by atoms with van der Waals surface area (Å²) in [6, 6.07) is 8.02. The minimum atomic E-state index is -3.03. The van der Waals surface area contributed by atoms with Gasteiger partial charge in [0.05, 0.1) is 5.25 Å². The lowest BCUT2D eigenvalue weighted by Crippen LogP contribution is -2.39. The fourth-order valence-corrected chi connectivity index (χ4v) is 5.05. The molecule has 0 atom stereocenters. The molecule has 1 saturated heterocycles. The summed E-state index contributed by atoms with van der Waals surface area (Å²) in [4.78, 5) is 8.96. The van der Waals surface area contributed by atoms with Crippen molar-refractivity contribution in [2.75, 3.05) is 13.1 Å². The highest BCUT2D eigenvalue weighted by Crippen LogP contribution is 2.35. The molecule has 0 amide bonds. The molecule has 6 heteroatoms. The van der Waals surface area contributed by atoms with Gasteiger partial charge in [-0.2, -0.15) is 0 Å². The van der Waals surface area contributed by atoms with Crippen molar-refractivity contribution >= 4 is 21.1 Å². The van der Waals surface area contributed by atoms with E-state index in [0.29, 0.717) is 19.0 Å². The fourth-order valence-electron chi connectivity index (χ4n) is 3.18. The van der Waals surface area contributed by atoms with Crippen molar-refractivity contribution in [2.45, 2.75) is 36.9 Å². The van der Waals surface area contributed by atoms with Gasteiger partial charge < -0.3 is 0 Å². The van der Waals surface area contributed by atoms with Crippen molar-refractivity contribution in [2.24, 2.45) is 0 Å². The number of hydrogen-bond acceptors (Lipinski definition) is 4. The predicted molar refractivity (Wildman–Crippen MR) is 85.0 cm³/mol. The van der Waals surface area contributed by atoms with Crippen LogP contribution in [0.1, 0.15) is 37.3 Å². The first-order valence-corrected chi connectivity index (χ1v) is 9.35. The highest BCUT2D eigenvalue weighted by atomic mass is 32.2. The van der Waals surface area contributed by atoms with Crippen LogP contribution in [0.4, 0.5) is 0 Å². The second-order valence-corrected chi connectivity index (χ2v) is 8.42. The summed E-state index contributed by atoms with van der Waals surface area (Å²) >= 11 is 0. The van der Waals surface area contributed by atoms with E-state index in [2.05, 4.69) is 22.1 Å². The number of rotatable bonds is 3. The third-order valence-electron chi connectivity index (χ3n) is 4.66. The largest absolute Gasteiger partial charge is 0.237 e. The molecule has 116 valence electrons. The Bertz CT molecular complexity index is 794. The number of sulfonamides is 1. The number of piperidine rings is 1. The predicted octanol–water partition coefficient (Wildman–Crippen LogP) is 2.30. The van der Waals surface area contributed by atoms with Gasteiger partial charge in [0.15, 0.2) is 5.65 Å². The highest BCUT2D eigenvalue weighted by molar-refractivity contribution is 7.90. The quantitative estimate of drug-likeness (QED) is 0.871. The molecular weight excluding hydrogens is 298 g/mol. The van der Waals surface area contributed by atoms with Crippen LogP contribution in [0.25, 0.3) is 11.0 Å². The second kappa shape index (κ2) is 5.28. The Labute approximate surface area is 130 Å². The van der Waals surface area contributed by atoms with E-state index < -0.39 is 10.0 Å². The molecule has 0 unspecified atom stereocenters. The molecular formula is C16H19N3O2S. The molecule has 0 aromatic carbocycles. The Morgan fingerprint density at radius 3 is 2.55 bits per heavy atom. The Balaban J connectivity index is 1.50. The minimum Gasteiger partial charge on any atom is -0.237 e. The molecule has 2 fully saturated rings. The molecule has 0 bridgehead atoms. The Kier molecular flexibility index (Phi) is 3.38. The fraction of sp³-hybridized carbons (Fsp3) is 0.500. The highest BCUT2D eigenvalue weighted by Gasteiger charge is 2.41. The van der Waals surface area contributed by atoms with Crippen molar-refractivity contribution < 1.29 is 8.42 Å².